The van der Waals surface area contributed by atoms with Crippen molar-refractivity contribution >= 4 is 0 Å². The highest BCUT2D eigenvalue weighted by Gasteiger charge is 2.34. The number of morpholine rings is 1. The first kappa shape index (κ1) is 14.7. The van der Waals surface area contributed by atoms with Crippen molar-refractivity contribution in [2.75, 3.05) is 46.5 Å². The van der Waals surface area contributed by atoms with E-state index in [1.807, 2.05) is 6.20 Å². The van der Waals surface area contributed by atoms with E-state index in [2.05, 4.69) is 26.7 Å². The predicted octanol–water partition coefficient (Wildman–Crippen LogP) is 0.638. The van der Waals surface area contributed by atoms with Gasteiger partial charge in [-0.25, -0.2) is 9.97 Å². The quantitative estimate of drug-likeness (QED) is 0.812. The van der Waals surface area contributed by atoms with E-state index in [1.54, 1.807) is 7.11 Å². The number of hydrogen-bond acceptors (Lipinski definition) is 6. The molecule has 2 aliphatic rings. The first-order valence-corrected chi connectivity index (χ1v) is 7.65. The van der Waals surface area contributed by atoms with Crippen LogP contribution in [0.5, 0.6) is 5.88 Å². The maximum atomic E-state index is 5.46. The molecule has 1 aromatic rings. The van der Waals surface area contributed by atoms with Crippen LogP contribution in [-0.4, -0.2) is 72.3 Å². The molecule has 0 radical (unpaired) electrons. The molecule has 0 N–H and O–H groups in total. The van der Waals surface area contributed by atoms with Crippen molar-refractivity contribution in [1.82, 2.24) is 19.8 Å². The number of hydrogen-bond donors (Lipinski definition) is 0. The van der Waals surface area contributed by atoms with Gasteiger partial charge in [-0.1, -0.05) is 6.92 Å². The van der Waals surface area contributed by atoms with Crippen LogP contribution in [0.2, 0.25) is 0 Å². The van der Waals surface area contributed by atoms with E-state index in [0.29, 0.717) is 17.8 Å². The second kappa shape index (κ2) is 6.68. The van der Waals surface area contributed by atoms with E-state index in [0.717, 1.165) is 51.5 Å². The summed E-state index contributed by atoms with van der Waals surface area (Å²) in [6.45, 7) is 9.25. The van der Waals surface area contributed by atoms with E-state index >= 15 is 0 Å². The number of rotatable bonds is 4. The van der Waals surface area contributed by atoms with Gasteiger partial charge in [0.15, 0.2) is 0 Å². The van der Waals surface area contributed by atoms with Crippen LogP contribution in [0, 0.1) is 5.92 Å². The van der Waals surface area contributed by atoms with E-state index in [1.165, 1.54) is 6.33 Å². The van der Waals surface area contributed by atoms with Gasteiger partial charge in [0, 0.05) is 50.5 Å². The van der Waals surface area contributed by atoms with Gasteiger partial charge in [0.25, 0.3) is 0 Å². The summed E-state index contributed by atoms with van der Waals surface area (Å²) in [6.07, 6.45) is 3.39. The van der Waals surface area contributed by atoms with Gasteiger partial charge in [0.2, 0.25) is 5.88 Å². The molecule has 116 valence electrons. The second-order valence-electron chi connectivity index (χ2n) is 5.94. The maximum absolute atomic E-state index is 5.46. The minimum atomic E-state index is 0.629. The summed E-state index contributed by atoms with van der Waals surface area (Å²) in [5, 5.41) is 0. The second-order valence-corrected chi connectivity index (χ2v) is 5.94. The molecule has 6 heteroatoms. The average molecular weight is 292 g/mol. The molecule has 3 rings (SSSR count). The molecule has 2 aliphatic heterocycles. The summed E-state index contributed by atoms with van der Waals surface area (Å²) in [5.74, 6) is 1.37. The van der Waals surface area contributed by atoms with Crippen LogP contribution >= 0.6 is 0 Å². The summed E-state index contributed by atoms with van der Waals surface area (Å²) in [4.78, 5) is 13.4. The van der Waals surface area contributed by atoms with Gasteiger partial charge in [-0.2, -0.15) is 0 Å². The summed E-state index contributed by atoms with van der Waals surface area (Å²) >= 11 is 0. The van der Waals surface area contributed by atoms with Gasteiger partial charge in [-0.05, 0) is 5.92 Å². The Labute approximate surface area is 126 Å². The molecule has 0 saturated carbocycles. The Morgan fingerprint density at radius 2 is 2.14 bits per heavy atom. The lowest BCUT2D eigenvalue weighted by Gasteiger charge is -2.34. The minimum Gasteiger partial charge on any atom is -0.481 e. The monoisotopic (exact) mass is 292 g/mol. The minimum absolute atomic E-state index is 0.629. The lowest BCUT2D eigenvalue weighted by molar-refractivity contribution is 0.0117. The van der Waals surface area contributed by atoms with Crippen LogP contribution in [0.3, 0.4) is 0 Å². The molecule has 21 heavy (non-hydrogen) atoms. The van der Waals surface area contributed by atoms with Crippen molar-refractivity contribution in [3.8, 4) is 5.88 Å². The number of nitrogens with zero attached hydrogens (tertiary/aromatic N) is 4. The number of methoxy groups -OCH3 is 1. The molecule has 6 nitrogen and oxygen atoms in total. The number of aromatic nitrogens is 2. The third-order valence-electron chi connectivity index (χ3n) is 4.50. The maximum Gasteiger partial charge on any atom is 0.220 e. The average Bonchev–Trinajstić information content (AvgIpc) is 2.89. The SMILES string of the molecule is COc1ncncc1CN1CC(C)C(N2CCOCC2)C1. The van der Waals surface area contributed by atoms with Crippen molar-refractivity contribution in [3.63, 3.8) is 0 Å². The first-order chi connectivity index (χ1) is 10.3. The summed E-state index contributed by atoms with van der Waals surface area (Å²) in [7, 11) is 1.66. The molecule has 2 saturated heterocycles. The highest BCUT2D eigenvalue weighted by Crippen LogP contribution is 2.25. The zero-order chi connectivity index (χ0) is 14.7. The van der Waals surface area contributed by atoms with Crippen molar-refractivity contribution in [2.45, 2.75) is 19.5 Å². The van der Waals surface area contributed by atoms with Gasteiger partial charge < -0.3 is 9.47 Å². The van der Waals surface area contributed by atoms with Crippen LogP contribution in [0.25, 0.3) is 0 Å². The van der Waals surface area contributed by atoms with Crippen molar-refractivity contribution < 1.29 is 9.47 Å². The van der Waals surface area contributed by atoms with E-state index in [-0.39, 0.29) is 0 Å². The molecule has 1 aromatic heterocycles. The topological polar surface area (TPSA) is 50.7 Å². The molecule has 0 aliphatic carbocycles. The van der Waals surface area contributed by atoms with Gasteiger partial charge >= 0.3 is 0 Å². The Balaban J connectivity index is 1.62. The van der Waals surface area contributed by atoms with Gasteiger partial charge in [-0.15, -0.1) is 0 Å². The fraction of sp³-hybridized carbons (Fsp3) is 0.733. The zero-order valence-corrected chi connectivity index (χ0v) is 12.9. The zero-order valence-electron chi connectivity index (χ0n) is 12.9. The third kappa shape index (κ3) is 3.33. The van der Waals surface area contributed by atoms with Gasteiger partial charge in [0.1, 0.15) is 6.33 Å². The van der Waals surface area contributed by atoms with E-state index in [4.69, 9.17) is 9.47 Å². The molecular weight excluding hydrogens is 268 g/mol. The van der Waals surface area contributed by atoms with E-state index in [9.17, 15) is 0 Å². The van der Waals surface area contributed by atoms with Gasteiger partial charge in [-0.3, -0.25) is 9.80 Å². The number of likely N-dealkylation sites (tertiary alicyclic amines) is 1. The van der Waals surface area contributed by atoms with Crippen molar-refractivity contribution in [3.05, 3.63) is 18.1 Å². The summed E-state index contributed by atoms with van der Waals surface area (Å²) in [6, 6.07) is 0.629. The lowest BCUT2D eigenvalue weighted by atomic mass is 10.0. The largest absolute Gasteiger partial charge is 0.481 e. The van der Waals surface area contributed by atoms with Crippen LogP contribution in [0.4, 0.5) is 0 Å². The molecular formula is C15H24N4O2. The van der Waals surface area contributed by atoms with Crippen LogP contribution in [0.1, 0.15) is 12.5 Å². The molecule has 0 bridgehead atoms. The van der Waals surface area contributed by atoms with Crippen molar-refractivity contribution in [1.29, 1.82) is 0 Å². The Morgan fingerprint density at radius 3 is 2.90 bits per heavy atom. The Hall–Kier alpha value is -1.24. The van der Waals surface area contributed by atoms with E-state index < -0.39 is 0 Å². The lowest BCUT2D eigenvalue weighted by Crippen LogP contribution is -2.46. The first-order valence-electron chi connectivity index (χ1n) is 7.65. The molecule has 3 heterocycles. The Bertz CT molecular complexity index is 465. The molecule has 0 amide bonds. The Kier molecular flexibility index (Phi) is 4.67. The van der Waals surface area contributed by atoms with Crippen LogP contribution < -0.4 is 4.74 Å². The highest BCUT2D eigenvalue weighted by atomic mass is 16.5. The fourth-order valence-corrected chi connectivity index (χ4v) is 3.44. The van der Waals surface area contributed by atoms with Gasteiger partial charge in [0.05, 0.1) is 20.3 Å². The van der Waals surface area contributed by atoms with Crippen molar-refractivity contribution in [2.24, 2.45) is 5.92 Å². The fourth-order valence-electron chi connectivity index (χ4n) is 3.44. The third-order valence-corrected chi connectivity index (χ3v) is 4.50. The van der Waals surface area contributed by atoms with Crippen LogP contribution in [-0.2, 0) is 11.3 Å². The predicted molar refractivity (Wildman–Crippen MR) is 79.2 cm³/mol. The normalized spacial score (nSPS) is 27.9. The summed E-state index contributed by atoms with van der Waals surface area (Å²) < 4.78 is 10.8. The number of ether oxygens (including phenoxy) is 2. The smallest absolute Gasteiger partial charge is 0.220 e. The molecule has 0 aromatic carbocycles. The molecule has 2 atom stereocenters. The Morgan fingerprint density at radius 1 is 1.33 bits per heavy atom. The molecule has 0 spiro atoms. The molecule has 2 fully saturated rings. The standard InChI is InChI=1S/C15H24N4O2/c1-12-8-18(9-13-7-16-11-17-15(13)20-2)10-14(12)19-3-5-21-6-4-19/h7,11-12,14H,3-6,8-10H2,1-2H3. The highest BCUT2D eigenvalue weighted by molar-refractivity contribution is 5.22. The van der Waals surface area contributed by atoms with Crippen LogP contribution in [0.15, 0.2) is 12.5 Å². The summed E-state index contributed by atoms with van der Waals surface area (Å²) in [5.41, 5.74) is 1.06. The molecule has 2 unspecified atom stereocenters.